The average molecular weight is 451 g/mol. The normalized spacial score (nSPS) is 11.9. The van der Waals surface area contributed by atoms with Gasteiger partial charge in [-0.1, -0.05) is 78.4 Å². The van der Waals surface area contributed by atoms with Crippen molar-refractivity contribution in [3.05, 3.63) is 113 Å². The summed E-state index contributed by atoms with van der Waals surface area (Å²) in [5.41, 5.74) is 15.9. The van der Waals surface area contributed by atoms with Crippen LogP contribution in [-0.2, 0) is 12.3 Å². The number of hydrogen-bond donors (Lipinski definition) is 0. The molecule has 158 valence electrons. The Labute approximate surface area is 196 Å². The van der Waals surface area contributed by atoms with Gasteiger partial charge in [-0.3, -0.25) is 0 Å². The minimum absolute atomic E-state index is 0.990. The number of benzene rings is 4. The summed E-state index contributed by atoms with van der Waals surface area (Å²) >= 11 is 0. The smallest absolute Gasteiger partial charge is 0.00934 e. The van der Waals surface area contributed by atoms with Crippen LogP contribution in [0.2, 0.25) is 0 Å². The summed E-state index contributed by atoms with van der Waals surface area (Å²) in [4.78, 5) is 0. The van der Waals surface area contributed by atoms with E-state index < -0.39 is 0 Å². The van der Waals surface area contributed by atoms with Gasteiger partial charge in [-0.15, -0.1) is 18.5 Å². The second-order valence-corrected chi connectivity index (χ2v) is 9.51. The quantitative estimate of drug-likeness (QED) is 0.241. The average Bonchev–Trinajstić information content (AvgIpc) is 3.17. The summed E-state index contributed by atoms with van der Waals surface area (Å²) in [6, 6.07) is 31.7. The Hall–Kier alpha value is -2.52. The SMILES string of the molecule is CC(C)=C1c2cc(-c3ccc(CP)cc3)ccc2-c2ccc(-c3ccc(CP)cc3)cc21. The third kappa shape index (κ3) is 3.77. The van der Waals surface area contributed by atoms with Crippen molar-refractivity contribution in [1.82, 2.24) is 0 Å². The number of fused-ring (bicyclic) bond motifs is 3. The first-order valence-corrected chi connectivity index (χ1v) is 12.8. The molecule has 0 aliphatic heterocycles. The van der Waals surface area contributed by atoms with Gasteiger partial charge in [0.25, 0.3) is 0 Å². The van der Waals surface area contributed by atoms with Gasteiger partial charge in [0.2, 0.25) is 0 Å². The Kier molecular flexibility index (Phi) is 5.86. The largest absolute Gasteiger partial charge is 0.133 e. The first kappa shape index (κ1) is 21.3. The van der Waals surface area contributed by atoms with E-state index in [1.165, 1.54) is 66.8 Å². The van der Waals surface area contributed by atoms with Crippen molar-refractivity contribution in [3.63, 3.8) is 0 Å². The molecule has 0 amide bonds. The van der Waals surface area contributed by atoms with Gasteiger partial charge in [0.15, 0.2) is 0 Å². The molecule has 32 heavy (non-hydrogen) atoms. The lowest BCUT2D eigenvalue weighted by atomic mass is 9.94. The van der Waals surface area contributed by atoms with E-state index in [-0.39, 0.29) is 0 Å². The van der Waals surface area contributed by atoms with E-state index in [0.29, 0.717) is 0 Å². The van der Waals surface area contributed by atoms with Crippen molar-refractivity contribution in [3.8, 4) is 33.4 Å². The third-order valence-corrected chi connectivity index (χ3v) is 7.36. The second kappa shape index (κ2) is 8.78. The molecule has 1 aliphatic carbocycles. The Morgan fingerprint density at radius 3 is 1.22 bits per heavy atom. The van der Waals surface area contributed by atoms with Crippen LogP contribution in [0.5, 0.6) is 0 Å². The van der Waals surface area contributed by atoms with Crippen LogP contribution in [0.25, 0.3) is 39.0 Å². The van der Waals surface area contributed by atoms with E-state index in [2.05, 4.69) is 117 Å². The molecule has 2 atom stereocenters. The maximum atomic E-state index is 2.80. The van der Waals surface area contributed by atoms with Crippen molar-refractivity contribution >= 4 is 24.1 Å². The van der Waals surface area contributed by atoms with Gasteiger partial charge in [-0.05, 0) is 99.5 Å². The van der Waals surface area contributed by atoms with E-state index in [9.17, 15) is 0 Å². The van der Waals surface area contributed by atoms with Gasteiger partial charge in [0.1, 0.15) is 0 Å². The lowest BCUT2D eigenvalue weighted by molar-refractivity contribution is 1.39. The standard InChI is InChI=1S/C30H28P2/c1-19(2)30-28-15-24(22-7-3-20(17-31)4-8-22)11-13-26(28)27-14-12-25(16-29(27)30)23-9-5-21(18-32)6-10-23/h3-16H,17-18,31-32H2,1-2H3. The second-order valence-electron chi connectivity index (χ2n) is 8.70. The molecule has 0 heterocycles. The molecule has 0 radical (unpaired) electrons. The molecular weight excluding hydrogens is 422 g/mol. The van der Waals surface area contributed by atoms with Crippen LogP contribution in [-0.4, -0.2) is 0 Å². The monoisotopic (exact) mass is 450 g/mol. The van der Waals surface area contributed by atoms with Gasteiger partial charge >= 0.3 is 0 Å². The first-order valence-electron chi connectivity index (χ1n) is 11.1. The van der Waals surface area contributed by atoms with Crippen LogP contribution >= 0.6 is 18.5 Å². The van der Waals surface area contributed by atoms with Gasteiger partial charge in [-0.25, -0.2) is 0 Å². The van der Waals surface area contributed by atoms with Crippen LogP contribution in [0.4, 0.5) is 0 Å². The maximum absolute atomic E-state index is 2.80. The molecule has 5 rings (SSSR count). The molecular formula is C30H28P2. The van der Waals surface area contributed by atoms with Gasteiger partial charge in [0, 0.05) is 0 Å². The predicted octanol–water partition coefficient (Wildman–Crippen LogP) is 8.59. The summed E-state index contributed by atoms with van der Waals surface area (Å²) in [6.07, 6.45) is 1.98. The molecule has 2 heteroatoms. The lowest BCUT2D eigenvalue weighted by Gasteiger charge is -2.10. The summed E-state index contributed by atoms with van der Waals surface area (Å²) in [5.74, 6) is 0. The van der Waals surface area contributed by atoms with Crippen LogP contribution in [0.15, 0.2) is 90.5 Å². The van der Waals surface area contributed by atoms with E-state index in [0.717, 1.165) is 12.3 Å². The Morgan fingerprint density at radius 2 is 0.875 bits per heavy atom. The Morgan fingerprint density at radius 1 is 0.500 bits per heavy atom. The zero-order chi connectivity index (χ0) is 22.2. The van der Waals surface area contributed by atoms with Crippen molar-refractivity contribution < 1.29 is 0 Å². The highest BCUT2D eigenvalue weighted by atomic mass is 31.0. The molecule has 0 aromatic heterocycles. The van der Waals surface area contributed by atoms with Gasteiger partial charge in [0.05, 0.1) is 0 Å². The topological polar surface area (TPSA) is 0 Å². The summed E-state index contributed by atoms with van der Waals surface area (Å²) in [7, 11) is 5.60. The molecule has 0 saturated carbocycles. The molecule has 0 fully saturated rings. The van der Waals surface area contributed by atoms with E-state index in [4.69, 9.17) is 0 Å². The van der Waals surface area contributed by atoms with Crippen molar-refractivity contribution in [2.24, 2.45) is 0 Å². The molecule has 1 aliphatic rings. The van der Waals surface area contributed by atoms with E-state index >= 15 is 0 Å². The summed E-state index contributed by atoms with van der Waals surface area (Å²) in [5, 5.41) is 0. The third-order valence-electron chi connectivity index (χ3n) is 6.41. The molecule has 0 bridgehead atoms. The molecule has 0 N–H and O–H groups in total. The Bertz CT molecular complexity index is 1220. The predicted molar refractivity (Wildman–Crippen MR) is 147 cm³/mol. The fourth-order valence-corrected chi connectivity index (χ4v) is 5.23. The molecule has 2 unspecified atom stereocenters. The highest BCUT2D eigenvalue weighted by Crippen LogP contribution is 2.48. The number of rotatable bonds is 4. The van der Waals surface area contributed by atoms with Gasteiger partial charge < -0.3 is 0 Å². The van der Waals surface area contributed by atoms with Crippen LogP contribution in [0.3, 0.4) is 0 Å². The van der Waals surface area contributed by atoms with E-state index in [1.54, 1.807) is 0 Å². The summed E-state index contributed by atoms with van der Waals surface area (Å²) in [6.45, 7) is 4.46. The van der Waals surface area contributed by atoms with Crippen molar-refractivity contribution in [2.75, 3.05) is 0 Å². The van der Waals surface area contributed by atoms with E-state index in [1.807, 2.05) is 0 Å². The fraction of sp³-hybridized carbons (Fsp3) is 0.133. The molecule has 0 spiro atoms. The molecule has 0 nitrogen and oxygen atoms in total. The first-order chi connectivity index (χ1) is 15.6. The zero-order valence-electron chi connectivity index (χ0n) is 18.7. The highest BCUT2D eigenvalue weighted by Gasteiger charge is 2.25. The number of hydrogen-bond acceptors (Lipinski definition) is 0. The highest BCUT2D eigenvalue weighted by molar-refractivity contribution is 7.15. The Balaban J connectivity index is 1.60. The number of allylic oxidation sites excluding steroid dienone is 1. The molecule has 4 aromatic carbocycles. The van der Waals surface area contributed by atoms with Crippen LogP contribution in [0.1, 0.15) is 36.1 Å². The molecule has 4 aromatic rings. The minimum atomic E-state index is 0.990. The van der Waals surface area contributed by atoms with Crippen LogP contribution < -0.4 is 0 Å². The molecule has 0 saturated heterocycles. The van der Waals surface area contributed by atoms with Gasteiger partial charge in [-0.2, -0.15) is 0 Å². The maximum Gasteiger partial charge on any atom is -0.00934 e. The van der Waals surface area contributed by atoms with Crippen molar-refractivity contribution in [2.45, 2.75) is 26.2 Å². The fourth-order valence-electron chi connectivity index (χ4n) is 4.68. The van der Waals surface area contributed by atoms with Crippen molar-refractivity contribution in [1.29, 1.82) is 0 Å². The lowest BCUT2D eigenvalue weighted by Crippen LogP contribution is -1.88. The zero-order valence-corrected chi connectivity index (χ0v) is 21.0. The summed E-state index contributed by atoms with van der Waals surface area (Å²) < 4.78 is 0. The van der Waals surface area contributed by atoms with Crippen LogP contribution in [0, 0.1) is 0 Å². The minimum Gasteiger partial charge on any atom is -0.133 e.